The first-order valence-corrected chi connectivity index (χ1v) is 5.09. The molecule has 0 aliphatic heterocycles. The first-order chi connectivity index (χ1) is 7.65. The zero-order chi connectivity index (χ0) is 12.0. The van der Waals surface area contributed by atoms with Crippen molar-refractivity contribution < 1.29 is 13.6 Å². The van der Waals surface area contributed by atoms with Crippen LogP contribution in [0.4, 0.5) is 8.78 Å². The third-order valence-corrected chi connectivity index (χ3v) is 2.02. The maximum Gasteiger partial charge on any atom is 0.251 e. The van der Waals surface area contributed by atoms with Crippen LogP contribution in [0.15, 0.2) is 18.2 Å². The fourth-order valence-electron chi connectivity index (χ4n) is 1.18. The van der Waals surface area contributed by atoms with Crippen LogP contribution >= 0.6 is 0 Å². The van der Waals surface area contributed by atoms with Gasteiger partial charge in [0, 0.05) is 18.7 Å². The summed E-state index contributed by atoms with van der Waals surface area (Å²) in [6.07, 6.45) is 0. The molecular formula is C11H14F2N2O. The summed E-state index contributed by atoms with van der Waals surface area (Å²) in [6.45, 7) is 3.87. The molecule has 0 atom stereocenters. The highest BCUT2D eigenvalue weighted by molar-refractivity contribution is 5.94. The van der Waals surface area contributed by atoms with Gasteiger partial charge in [0.15, 0.2) is 11.6 Å². The zero-order valence-corrected chi connectivity index (χ0v) is 9.02. The number of nitrogens with one attached hydrogen (secondary N) is 2. The van der Waals surface area contributed by atoms with Gasteiger partial charge in [-0.15, -0.1) is 0 Å². The van der Waals surface area contributed by atoms with Gasteiger partial charge in [0.25, 0.3) is 5.91 Å². The van der Waals surface area contributed by atoms with Crippen molar-refractivity contribution in [3.8, 4) is 0 Å². The lowest BCUT2D eigenvalue weighted by atomic mass is 10.2. The summed E-state index contributed by atoms with van der Waals surface area (Å²) in [4.78, 5) is 11.4. The molecular weight excluding hydrogens is 214 g/mol. The molecule has 5 heteroatoms. The van der Waals surface area contributed by atoms with Crippen molar-refractivity contribution in [2.75, 3.05) is 19.6 Å². The van der Waals surface area contributed by atoms with E-state index in [1.807, 2.05) is 6.92 Å². The number of amides is 1. The molecule has 16 heavy (non-hydrogen) atoms. The number of rotatable bonds is 5. The highest BCUT2D eigenvalue weighted by Crippen LogP contribution is 2.08. The number of hydrogen-bond acceptors (Lipinski definition) is 2. The van der Waals surface area contributed by atoms with Crippen molar-refractivity contribution in [2.45, 2.75) is 6.92 Å². The minimum atomic E-state index is -1.01. The second kappa shape index (κ2) is 6.17. The Balaban J connectivity index is 2.50. The molecule has 1 aromatic rings. The SMILES string of the molecule is CCNCCNC(=O)c1ccc(F)c(F)c1. The van der Waals surface area contributed by atoms with E-state index in [0.717, 1.165) is 18.7 Å². The first-order valence-electron chi connectivity index (χ1n) is 5.09. The van der Waals surface area contributed by atoms with Crippen LogP contribution in [0.2, 0.25) is 0 Å². The monoisotopic (exact) mass is 228 g/mol. The Morgan fingerprint density at radius 1 is 1.25 bits per heavy atom. The maximum atomic E-state index is 12.8. The number of benzene rings is 1. The molecule has 1 amide bonds. The van der Waals surface area contributed by atoms with Gasteiger partial charge in [-0.05, 0) is 24.7 Å². The van der Waals surface area contributed by atoms with Crippen LogP contribution in [-0.4, -0.2) is 25.5 Å². The fraction of sp³-hybridized carbons (Fsp3) is 0.364. The molecule has 0 aromatic heterocycles. The Morgan fingerprint density at radius 3 is 2.62 bits per heavy atom. The Hall–Kier alpha value is -1.49. The summed E-state index contributed by atoms with van der Waals surface area (Å²) in [6, 6.07) is 3.08. The van der Waals surface area contributed by atoms with Crippen LogP contribution in [-0.2, 0) is 0 Å². The highest BCUT2D eigenvalue weighted by atomic mass is 19.2. The van der Waals surface area contributed by atoms with Crippen LogP contribution in [0.3, 0.4) is 0 Å². The van der Waals surface area contributed by atoms with Crippen LogP contribution in [0, 0.1) is 11.6 Å². The second-order valence-corrected chi connectivity index (χ2v) is 3.24. The smallest absolute Gasteiger partial charge is 0.251 e. The van der Waals surface area contributed by atoms with Gasteiger partial charge < -0.3 is 10.6 Å². The molecule has 0 aliphatic carbocycles. The van der Waals surface area contributed by atoms with E-state index < -0.39 is 17.5 Å². The Bertz CT molecular complexity index is 369. The van der Waals surface area contributed by atoms with Gasteiger partial charge in [-0.2, -0.15) is 0 Å². The Kier molecular flexibility index (Phi) is 4.85. The average Bonchev–Trinajstić information content (AvgIpc) is 2.28. The van der Waals surface area contributed by atoms with Crippen molar-refractivity contribution in [1.82, 2.24) is 10.6 Å². The van der Waals surface area contributed by atoms with Gasteiger partial charge in [-0.25, -0.2) is 8.78 Å². The van der Waals surface area contributed by atoms with Gasteiger partial charge >= 0.3 is 0 Å². The molecule has 3 nitrogen and oxygen atoms in total. The van der Waals surface area contributed by atoms with Crippen molar-refractivity contribution in [2.24, 2.45) is 0 Å². The van der Waals surface area contributed by atoms with Gasteiger partial charge in [0.2, 0.25) is 0 Å². The molecule has 88 valence electrons. The molecule has 0 radical (unpaired) electrons. The van der Waals surface area contributed by atoms with Gasteiger partial charge in [0.1, 0.15) is 0 Å². The quantitative estimate of drug-likeness (QED) is 0.746. The predicted octanol–water partition coefficient (Wildman–Crippen LogP) is 1.30. The lowest BCUT2D eigenvalue weighted by Crippen LogP contribution is -2.31. The number of carbonyl (C=O) groups excluding carboxylic acids is 1. The minimum absolute atomic E-state index is 0.121. The van der Waals surface area contributed by atoms with Crippen LogP contribution < -0.4 is 10.6 Å². The van der Waals surface area contributed by atoms with Crippen molar-refractivity contribution in [3.05, 3.63) is 35.4 Å². The number of hydrogen-bond donors (Lipinski definition) is 2. The predicted molar refractivity (Wildman–Crippen MR) is 57.2 cm³/mol. The number of likely N-dealkylation sites (N-methyl/N-ethyl adjacent to an activating group) is 1. The van der Waals surface area contributed by atoms with E-state index in [9.17, 15) is 13.6 Å². The minimum Gasteiger partial charge on any atom is -0.351 e. The summed E-state index contributed by atoms with van der Waals surface area (Å²) >= 11 is 0. The third-order valence-electron chi connectivity index (χ3n) is 2.02. The Morgan fingerprint density at radius 2 is 2.00 bits per heavy atom. The lowest BCUT2D eigenvalue weighted by molar-refractivity contribution is 0.0953. The van der Waals surface area contributed by atoms with Crippen LogP contribution in [0.1, 0.15) is 17.3 Å². The lowest BCUT2D eigenvalue weighted by Gasteiger charge is -2.05. The van der Waals surface area contributed by atoms with Gasteiger partial charge in [0.05, 0.1) is 0 Å². The Labute approximate surface area is 92.8 Å². The van der Waals surface area contributed by atoms with Crippen LogP contribution in [0.5, 0.6) is 0 Å². The van der Waals surface area contributed by atoms with Crippen molar-refractivity contribution >= 4 is 5.91 Å². The van der Waals surface area contributed by atoms with Gasteiger partial charge in [-0.1, -0.05) is 6.92 Å². The summed E-state index contributed by atoms with van der Waals surface area (Å²) in [5, 5.41) is 5.62. The highest BCUT2D eigenvalue weighted by Gasteiger charge is 2.08. The van der Waals surface area contributed by atoms with E-state index in [1.165, 1.54) is 6.07 Å². The third kappa shape index (κ3) is 3.58. The maximum absolute atomic E-state index is 12.8. The summed E-state index contributed by atoms with van der Waals surface area (Å²) in [5.41, 5.74) is 0.121. The zero-order valence-electron chi connectivity index (χ0n) is 9.02. The summed E-state index contributed by atoms with van der Waals surface area (Å²) in [5.74, 6) is -2.37. The molecule has 0 aliphatic rings. The summed E-state index contributed by atoms with van der Waals surface area (Å²) in [7, 11) is 0. The van der Waals surface area contributed by atoms with Crippen LogP contribution in [0.25, 0.3) is 0 Å². The number of halogens is 2. The van der Waals surface area contributed by atoms with E-state index in [4.69, 9.17) is 0 Å². The molecule has 0 saturated carbocycles. The van der Waals surface area contributed by atoms with Crippen molar-refractivity contribution in [1.29, 1.82) is 0 Å². The molecule has 0 saturated heterocycles. The normalized spacial score (nSPS) is 10.2. The number of carbonyl (C=O) groups is 1. The van der Waals surface area contributed by atoms with E-state index in [1.54, 1.807) is 0 Å². The molecule has 0 spiro atoms. The van der Waals surface area contributed by atoms with Crippen molar-refractivity contribution in [3.63, 3.8) is 0 Å². The first kappa shape index (κ1) is 12.6. The van der Waals surface area contributed by atoms with E-state index in [2.05, 4.69) is 10.6 Å². The topological polar surface area (TPSA) is 41.1 Å². The van der Waals surface area contributed by atoms with E-state index in [-0.39, 0.29) is 5.56 Å². The summed E-state index contributed by atoms with van der Waals surface area (Å²) < 4.78 is 25.4. The molecule has 0 heterocycles. The van der Waals surface area contributed by atoms with Gasteiger partial charge in [-0.3, -0.25) is 4.79 Å². The molecule has 0 fully saturated rings. The molecule has 1 aromatic carbocycles. The average molecular weight is 228 g/mol. The fourth-order valence-corrected chi connectivity index (χ4v) is 1.18. The largest absolute Gasteiger partial charge is 0.351 e. The molecule has 0 bridgehead atoms. The molecule has 0 unspecified atom stereocenters. The molecule has 2 N–H and O–H groups in total. The molecule has 1 rings (SSSR count). The van der Waals surface area contributed by atoms with E-state index >= 15 is 0 Å². The van der Waals surface area contributed by atoms with E-state index in [0.29, 0.717) is 13.1 Å². The standard InChI is InChI=1S/C11H14F2N2O/c1-2-14-5-6-15-11(16)8-3-4-9(12)10(13)7-8/h3-4,7,14H,2,5-6H2,1H3,(H,15,16). The second-order valence-electron chi connectivity index (χ2n) is 3.24.